The average Bonchev–Trinajstić information content (AvgIpc) is 1.68. The highest BCUT2D eigenvalue weighted by atomic mass is 32.2. The molecule has 0 radical (unpaired) electrons. The zero-order valence-corrected chi connectivity index (χ0v) is 5.99. The second-order valence-corrected chi connectivity index (χ2v) is 2.52. The summed E-state index contributed by atoms with van der Waals surface area (Å²) in [5, 5.41) is 0.148. The van der Waals surface area contributed by atoms with Crippen LogP contribution in [0.3, 0.4) is 0 Å². The van der Waals surface area contributed by atoms with Crippen molar-refractivity contribution < 1.29 is 4.79 Å². The Bertz CT molecular complexity index is 96.7. The van der Waals surface area contributed by atoms with E-state index in [1.165, 1.54) is 11.8 Å². The lowest BCUT2D eigenvalue weighted by atomic mass is 10.6. The molecule has 0 rings (SSSR count). The minimum Gasteiger partial charge on any atom is -0.282 e. The van der Waals surface area contributed by atoms with E-state index >= 15 is 0 Å². The summed E-state index contributed by atoms with van der Waals surface area (Å²) in [6.45, 7) is 3.81. The summed E-state index contributed by atoms with van der Waals surface area (Å²) in [7, 11) is 0. The molecule has 0 bridgehead atoms. The van der Waals surface area contributed by atoms with Crippen LogP contribution in [0.15, 0.2) is 12.2 Å². The highest BCUT2D eigenvalue weighted by molar-refractivity contribution is 8.14. The van der Waals surface area contributed by atoms with E-state index in [2.05, 4.69) is 0 Å². The number of hydrogen-bond acceptors (Lipinski definition) is 2. The number of allylic oxidation sites excluding steroid dienone is 1. The molecule has 0 aliphatic rings. The van der Waals surface area contributed by atoms with Crippen molar-refractivity contribution in [1.82, 2.24) is 0 Å². The Hall–Kier alpha value is -0.240. The predicted molar refractivity (Wildman–Crippen MR) is 38.0 cm³/mol. The molecule has 0 aliphatic heterocycles. The molecule has 8 heavy (non-hydrogen) atoms. The van der Waals surface area contributed by atoms with Crippen molar-refractivity contribution in [1.29, 1.82) is 0 Å². The topological polar surface area (TPSA) is 17.1 Å². The molecule has 0 heterocycles. The Morgan fingerprint density at radius 2 is 2.38 bits per heavy atom. The molecule has 0 aromatic carbocycles. The van der Waals surface area contributed by atoms with Gasteiger partial charge >= 0.3 is 0 Å². The van der Waals surface area contributed by atoms with Gasteiger partial charge in [-0.3, -0.25) is 4.79 Å². The van der Waals surface area contributed by atoms with Crippen LogP contribution in [0.4, 0.5) is 0 Å². The van der Waals surface area contributed by atoms with Gasteiger partial charge in [-0.15, -0.1) is 0 Å². The maximum Gasteiger partial charge on any atom is 0.211 e. The van der Waals surface area contributed by atoms with Gasteiger partial charge in [-0.05, 0) is 18.8 Å². The lowest BCUT2D eigenvalue weighted by Gasteiger charge is -1.84. The fourth-order valence-corrected chi connectivity index (χ4v) is 0.843. The van der Waals surface area contributed by atoms with Gasteiger partial charge in [-0.1, -0.05) is 24.8 Å². The SMILES string of the molecule is CC=CC(=O)SCC. The monoisotopic (exact) mass is 130 g/mol. The minimum absolute atomic E-state index is 0.148. The molecule has 0 amide bonds. The first-order valence-electron chi connectivity index (χ1n) is 2.60. The zero-order chi connectivity index (χ0) is 6.41. The van der Waals surface area contributed by atoms with Crippen molar-refractivity contribution in [2.75, 3.05) is 5.75 Å². The van der Waals surface area contributed by atoms with Gasteiger partial charge in [0.25, 0.3) is 0 Å². The molecule has 0 atom stereocenters. The molecule has 2 heteroatoms. The highest BCUT2D eigenvalue weighted by Crippen LogP contribution is 2.00. The quantitative estimate of drug-likeness (QED) is 0.530. The average molecular weight is 130 g/mol. The van der Waals surface area contributed by atoms with E-state index in [1.54, 1.807) is 12.2 Å². The second kappa shape index (κ2) is 4.91. The largest absolute Gasteiger partial charge is 0.282 e. The Labute approximate surface area is 54.2 Å². The van der Waals surface area contributed by atoms with E-state index in [4.69, 9.17) is 0 Å². The van der Waals surface area contributed by atoms with Crippen molar-refractivity contribution >= 4 is 16.9 Å². The van der Waals surface area contributed by atoms with Crippen LogP contribution in [0, 0.1) is 0 Å². The van der Waals surface area contributed by atoms with Crippen LogP contribution in [0.1, 0.15) is 13.8 Å². The van der Waals surface area contributed by atoms with Crippen molar-refractivity contribution in [3.8, 4) is 0 Å². The number of hydrogen-bond donors (Lipinski definition) is 0. The minimum atomic E-state index is 0.148. The third kappa shape index (κ3) is 3.93. The van der Waals surface area contributed by atoms with Crippen molar-refractivity contribution in [3.63, 3.8) is 0 Å². The molecule has 0 saturated heterocycles. The maximum absolute atomic E-state index is 10.5. The van der Waals surface area contributed by atoms with E-state index in [1.807, 2.05) is 13.8 Å². The first-order chi connectivity index (χ1) is 3.81. The van der Waals surface area contributed by atoms with Crippen molar-refractivity contribution in [3.05, 3.63) is 12.2 Å². The van der Waals surface area contributed by atoms with Crippen LogP contribution in [0.2, 0.25) is 0 Å². The fourth-order valence-electron chi connectivity index (χ4n) is 0.326. The number of carbonyl (C=O) groups excluding carboxylic acids is 1. The Balaban J connectivity index is 3.33. The Morgan fingerprint density at radius 3 is 2.75 bits per heavy atom. The smallest absolute Gasteiger partial charge is 0.211 e. The third-order valence-electron chi connectivity index (χ3n) is 0.589. The molecule has 0 unspecified atom stereocenters. The molecule has 0 spiro atoms. The molecule has 46 valence electrons. The molecule has 0 aliphatic carbocycles. The summed E-state index contributed by atoms with van der Waals surface area (Å²) in [4.78, 5) is 10.5. The van der Waals surface area contributed by atoms with Crippen molar-refractivity contribution in [2.24, 2.45) is 0 Å². The number of rotatable bonds is 2. The Morgan fingerprint density at radius 1 is 1.75 bits per heavy atom. The van der Waals surface area contributed by atoms with Gasteiger partial charge in [0.1, 0.15) is 0 Å². The van der Waals surface area contributed by atoms with Crippen LogP contribution in [0.5, 0.6) is 0 Å². The maximum atomic E-state index is 10.5. The van der Waals surface area contributed by atoms with Crippen LogP contribution in [-0.4, -0.2) is 10.9 Å². The molecular weight excluding hydrogens is 120 g/mol. The van der Waals surface area contributed by atoms with Crippen LogP contribution in [0.25, 0.3) is 0 Å². The summed E-state index contributed by atoms with van der Waals surface area (Å²) in [6.07, 6.45) is 3.33. The fraction of sp³-hybridized carbons (Fsp3) is 0.500. The van der Waals surface area contributed by atoms with Gasteiger partial charge in [0.2, 0.25) is 5.12 Å². The molecule has 0 fully saturated rings. The van der Waals surface area contributed by atoms with Crippen LogP contribution < -0.4 is 0 Å². The van der Waals surface area contributed by atoms with E-state index in [0.717, 1.165) is 5.75 Å². The van der Waals surface area contributed by atoms with Crippen LogP contribution in [-0.2, 0) is 4.79 Å². The number of carbonyl (C=O) groups is 1. The van der Waals surface area contributed by atoms with Gasteiger partial charge in [-0.2, -0.15) is 0 Å². The standard InChI is InChI=1S/C6H10OS/c1-3-5-6(7)8-4-2/h3,5H,4H2,1-2H3. The first-order valence-corrected chi connectivity index (χ1v) is 3.59. The highest BCUT2D eigenvalue weighted by Gasteiger charge is 1.89. The van der Waals surface area contributed by atoms with E-state index < -0.39 is 0 Å². The van der Waals surface area contributed by atoms with Gasteiger partial charge in [0, 0.05) is 0 Å². The lowest BCUT2D eigenvalue weighted by molar-refractivity contribution is -0.107. The molecule has 1 nitrogen and oxygen atoms in total. The summed E-state index contributed by atoms with van der Waals surface area (Å²) < 4.78 is 0. The molecule has 0 N–H and O–H groups in total. The summed E-state index contributed by atoms with van der Waals surface area (Å²) >= 11 is 1.33. The van der Waals surface area contributed by atoms with E-state index in [-0.39, 0.29) is 5.12 Å². The normalized spacial score (nSPS) is 10.2. The summed E-state index contributed by atoms with van der Waals surface area (Å²) in [5.74, 6) is 0.864. The second-order valence-electron chi connectivity index (χ2n) is 1.25. The summed E-state index contributed by atoms with van der Waals surface area (Å²) in [6, 6.07) is 0. The lowest BCUT2D eigenvalue weighted by Crippen LogP contribution is -1.82. The molecular formula is C6H10OS. The molecule has 0 aromatic rings. The zero-order valence-electron chi connectivity index (χ0n) is 5.18. The molecule has 0 aromatic heterocycles. The van der Waals surface area contributed by atoms with E-state index in [9.17, 15) is 4.79 Å². The Kier molecular flexibility index (Phi) is 4.76. The molecule has 0 saturated carbocycles. The predicted octanol–water partition coefficient (Wildman–Crippen LogP) is 1.84. The summed E-state index contributed by atoms with van der Waals surface area (Å²) in [5.41, 5.74) is 0. The van der Waals surface area contributed by atoms with Gasteiger partial charge in [0.05, 0.1) is 0 Å². The third-order valence-corrected chi connectivity index (χ3v) is 1.30. The van der Waals surface area contributed by atoms with Gasteiger partial charge < -0.3 is 0 Å². The van der Waals surface area contributed by atoms with Crippen LogP contribution >= 0.6 is 11.8 Å². The number of thioether (sulfide) groups is 1. The van der Waals surface area contributed by atoms with Crippen molar-refractivity contribution in [2.45, 2.75) is 13.8 Å². The first kappa shape index (κ1) is 7.76. The van der Waals surface area contributed by atoms with E-state index in [0.29, 0.717) is 0 Å². The van der Waals surface area contributed by atoms with Gasteiger partial charge in [0.15, 0.2) is 0 Å². The van der Waals surface area contributed by atoms with Gasteiger partial charge in [-0.25, -0.2) is 0 Å².